The first-order valence-corrected chi connectivity index (χ1v) is 9.82. The number of hydrogen-bond donors (Lipinski definition) is 2. The first-order valence-electron chi connectivity index (χ1n) is 9.82. The van der Waals surface area contributed by atoms with E-state index < -0.39 is 24.0 Å². The Labute approximate surface area is 179 Å². The Balaban J connectivity index is 1.87. The van der Waals surface area contributed by atoms with Gasteiger partial charge in [0.05, 0.1) is 22.3 Å². The van der Waals surface area contributed by atoms with Gasteiger partial charge in [0.2, 0.25) is 0 Å². The third kappa shape index (κ3) is 5.06. The van der Waals surface area contributed by atoms with E-state index >= 15 is 0 Å². The molecule has 2 heterocycles. The average molecular weight is 424 g/mol. The van der Waals surface area contributed by atoms with Crippen LogP contribution in [0.3, 0.4) is 0 Å². The number of imide groups is 1. The molecule has 3 amide bonds. The molecule has 0 aliphatic carbocycles. The Bertz CT molecular complexity index is 1130. The highest BCUT2D eigenvalue weighted by Crippen LogP contribution is 2.28. The van der Waals surface area contributed by atoms with Crippen molar-refractivity contribution < 1.29 is 23.6 Å². The van der Waals surface area contributed by atoms with Crippen molar-refractivity contribution in [3.05, 3.63) is 47.2 Å². The molecule has 2 aromatic heterocycles. The molecule has 0 spiro atoms. The summed E-state index contributed by atoms with van der Waals surface area (Å²) in [5.74, 6) is -1.49. The molecular weight excluding hydrogens is 400 g/mol. The Morgan fingerprint density at radius 2 is 1.74 bits per heavy atom. The molecule has 31 heavy (non-hydrogen) atoms. The smallest absolute Gasteiger partial charge is 0.339 e. The van der Waals surface area contributed by atoms with Crippen molar-refractivity contribution in [2.45, 2.75) is 46.8 Å². The van der Waals surface area contributed by atoms with Crippen LogP contribution in [0.1, 0.15) is 42.4 Å². The van der Waals surface area contributed by atoms with Gasteiger partial charge in [-0.2, -0.15) is 0 Å². The second-order valence-electron chi connectivity index (χ2n) is 7.53. The van der Waals surface area contributed by atoms with Gasteiger partial charge in [0.15, 0.2) is 6.10 Å². The summed E-state index contributed by atoms with van der Waals surface area (Å²) in [4.78, 5) is 41.3. The molecule has 9 heteroatoms. The summed E-state index contributed by atoms with van der Waals surface area (Å²) in [6.45, 7) is 8.55. The zero-order valence-electron chi connectivity index (χ0n) is 18.0. The van der Waals surface area contributed by atoms with Crippen LogP contribution in [0.4, 0.5) is 4.79 Å². The van der Waals surface area contributed by atoms with Gasteiger partial charge in [0.25, 0.3) is 11.6 Å². The van der Waals surface area contributed by atoms with Gasteiger partial charge in [-0.3, -0.25) is 10.1 Å². The number of urea groups is 1. The molecule has 3 aromatic rings. The maximum atomic E-state index is 12.9. The Hall–Kier alpha value is -3.75. The van der Waals surface area contributed by atoms with E-state index in [0.29, 0.717) is 16.8 Å². The van der Waals surface area contributed by atoms with Crippen molar-refractivity contribution in [2.24, 2.45) is 0 Å². The van der Waals surface area contributed by atoms with Crippen LogP contribution in [0.25, 0.3) is 22.4 Å². The molecule has 2 N–H and O–H groups in total. The number of pyridine rings is 1. The highest BCUT2D eigenvalue weighted by molar-refractivity contribution is 6.05. The second-order valence-corrected chi connectivity index (χ2v) is 7.53. The third-order valence-corrected chi connectivity index (χ3v) is 4.49. The number of carbonyl (C=O) groups excluding carboxylic acids is 3. The van der Waals surface area contributed by atoms with Gasteiger partial charge in [0, 0.05) is 11.6 Å². The second kappa shape index (κ2) is 8.95. The van der Waals surface area contributed by atoms with Crippen LogP contribution in [-0.4, -0.2) is 40.2 Å². The van der Waals surface area contributed by atoms with Crippen LogP contribution in [0.5, 0.6) is 0 Å². The molecule has 0 radical (unpaired) electrons. The number of amides is 3. The van der Waals surface area contributed by atoms with E-state index in [0.717, 1.165) is 11.1 Å². The number of aryl methyl sites for hydroxylation is 2. The number of fused-ring (bicyclic) bond motifs is 1. The standard InChI is InChI=1S/C22H24N4O5/c1-11(2)23-22(29)25-19(27)14(5)30-21(28)16-10-17(15-8-6-12(3)7-9-15)24-20-18(16)13(4)26-31-20/h6-11,14H,1-5H3,(H2,23,25,27,29). The van der Waals surface area contributed by atoms with E-state index in [2.05, 4.69) is 20.8 Å². The van der Waals surface area contributed by atoms with Gasteiger partial charge in [-0.05, 0) is 40.7 Å². The number of ether oxygens (including phenoxy) is 1. The van der Waals surface area contributed by atoms with E-state index in [1.165, 1.54) is 6.92 Å². The fourth-order valence-corrected chi connectivity index (χ4v) is 2.92. The zero-order chi connectivity index (χ0) is 22.7. The van der Waals surface area contributed by atoms with Crippen molar-refractivity contribution in [3.8, 4) is 11.3 Å². The monoisotopic (exact) mass is 424 g/mol. The zero-order valence-corrected chi connectivity index (χ0v) is 18.0. The number of benzene rings is 1. The van der Waals surface area contributed by atoms with Crippen LogP contribution in [0.2, 0.25) is 0 Å². The fraction of sp³-hybridized carbons (Fsp3) is 0.318. The topological polar surface area (TPSA) is 123 Å². The summed E-state index contributed by atoms with van der Waals surface area (Å²) in [6.07, 6.45) is -1.20. The van der Waals surface area contributed by atoms with Gasteiger partial charge in [-0.25, -0.2) is 14.6 Å². The largest absolute Gasteiger partial charge is 0.449 e. The molecule has 0 aliphatic rings. The van der Waals surface area contributed by atoms with Crippen molar-refractivity contribution in [2.75, 3.05) is 0 Å². The van der Waals surface area contributed by atoms with Gasteiger partial charge in [-0.1, -0.05) is 35.0 Å². The summed E-state index contributed by atoms with van der Waals surface area (Å²) in [5.41, 5.74) is 3.21. The van der Waals surface area contributed by atoms with E-state index in [-0.39, 0.29) is 17.3 Å². The van der Waals surface area contributed by atoms with Gasteiger partial charge >= 0.3 is 12.0 Å². The van der Waals surface area contributed by atoms with Gasteiger partial charge in [-0.15, -0.1) is 0 Å². The highest BCUT2D eigenvalue weighted by atomic mass is 16.5. The Morgan fingerprint density at radius 3 is 2.39 bits per heavy atom. The van der Waals surface area contributed by atoms with Gasteiger partial charge < -0.3 is 14.6 Å². The Kier molecular flexibility index (Phi) is 6.33. The first kappa shape index (κ1) is 21.9. The highest BCUT2D eigenvalue weighted by Gasteiger charge is 2.25. The predicted molar refractivity (Wildman–Crippen MR) is 113 cm³/mol. The number of hydrogen-bond acceptors (Lipinski definition) is 7. The maximum Gasteiger partial charge on any atom is 0.339 e. The molecular formula is C22H24N4O5. The molecule has 162 valence electrons. The molecule has 1 aromatic carbocycles. The molecule has 0 saturated heterocycles. The lowest BCUT2D eigenvalue weighted by molar-refractivity contribution is -0.127. The minimum atomic E-state index is -1.20. The molecule has 0 saturated carbocycles. The molecule has 9 nitrogen and oxygen atoms in total. The minimum absolute atomic E-state index is 0.146. The lowest BCUT2D eigenvalue weighted by Crippen LogP contribution is -2.46. The molecule has 3 rings (SSSR count). The molecule has 1 unspecified atom stereocenters. The number of nitrogens with zero attached hydrogens (tertiary/aromatic N) is 2. The van der Waals surface area contributed by atoms with Crippen LogP contribution in [0.15, 0.2) is 34.9 Å². The number of aromatic nitrogens is 2. The van der Waals surface area contributed by atoms with Crippen LogP contribution >= 0.6 is 0 Å². The lowest BCUT2D eigenvalue weighted by atomic mass is 10.0. The van der Waals surface area contributed by atoms with Crippen LogP contribution in [0, 0.1) is 13.8 Å². The average Bonchev–Trinajstić information content (AvgIpc) is 3.08. The van der Waals surface area contributed by atoms with Crippen molar-refractivity contribution in [3.63, 3.8) is 0 Å². The normalized spacial score (nSPS) is 11.9. The number of esters is 1. The summed E-state index contributed by atoms with van der Waals surface area (Å²) >= 11 is 0. The van der Waals surface area contributed by atoms with Crippen molar-refractivity contribution in [1.82, 2.24) is 20.8 Å². The minimum Gasteiger partial charge on any atom is -0.449 e. The lowest BCUT2D eigenvalue weighted by Gasteiger charge is -2.15. The Morgan fingerprint density at radius 1 is 1.06 bits per heavy atom. The summed E-state index contributed by atoms with van der Waals surface area (Å²) < 4.78 is 10.6. The fourth-order valence-electron chi connectivity index (χ4n) is 2.92. The summed E-state index contributed by atoms with van der Waals surface area (Å²) in [6, 6.07) is 8.39. The molecule has 1 atom stereocenters. The van der Waals surface area contributed by atoms with E-state index in [1.807, 2.05) is 31.2 Å². The van der Waals surface area contributed by atoms with Crippen LogP contribution in [-0.2, 0) is 9.53 Å². The number of rotatable bonds is 5. The maximum absolute atomic E-state index is 12.9. The summed E-state index contributed by atoms with van der Waals surface area (Å²) in [7, 11) is 0. The third-order valence-electron chi connectivity index (χ3n) is 4.49. The van der Waals surface area contributed by atoms with Crippen LogP contribution < -0.4 is 10.6 Å². The summed E-state index contributed by atoms with van der Waals surface area (Å²) in [5, 5.41) is 8.98. The van der Waals surface area contributed by atoms with Crippen molar-refractivity contribution in [1.29, 1.82) is 0 Å². The predicted octanol–water partition coefficient (Wildman–Crippen LogP) is 3.29. The molecule has 0 aliphatic heterocycles. The molecule has 0 fully saturated rings. The van der Waals surface area contributed by atoms with Gasteiger partial charge in [0.1, 0.15) is 0 Å². The first-order chi connectivity index (χ1) is 14.7. The number of nitrogens with one attached hydrogen (secondary N) is 2. The SMILES string of the molecule is Cc1ccc(-c2cc(C(=O)OC(C)C(=O)NC(=O)NC(C)C)c3c(C)noc3n2)cc1. The van der Waals surface area contributed by atoms with E-state index in [1.54, 1.807) is 26.8 Å². The van der Waals surface area contributed by atoms with E-state index in [9.17, 15) is 14.4 Å². The quantitative estimate of drug-likeness (QED) is 0.602. The molecule has 0 bridgehead atoms. The van der Waals surface area contributed by atoms with E-state index in [4.69, 9.17) is 9.26 Å². The number of carbonyl (C=O) groups is 3. The van der Waals surface area contributed by atoms with Crippen molar-refractivity contribution >= 4 is 29.0 Å².